The van der Waals surface area contributed by atoms with Crippen LogP contribution in [0, 0.1) is 6.92 Å². The van der Waals surface area contributed by atoms with Gasteiger partial charge in [-0.25, -0.2) is 18.1 Å². The molecule has 0 bridgehead atoms. The molecule has 0 aliphatic carbocycles. The third-order valence-corrected chi connectivity index (χ3v) is 9.50. The highest BCUT2D eigenvalue weighted by Crippen LogP contribution is 2.28. The second kappa shape index (κ2) is 8.88. The minimum absolute atomic E-state index is 0.0955. The Morgan fingerprint density at radius 2 is 1.97 bits per heavy atom. The van der Waals surface area contributed by atoms with E-state index in [1.165, 1.54) is 44.5 Å². The topological polar surface area (TPSA) is 106 Å². The van der Waals surface area contributed by atoms with Gasteiger partial charge in [0.15, 0.2) is 5.01 Å². The molecule has 5 rings (SSSR count). The van der Waals surface area contributed by atoms with E-state index in [1.54, 1.807) is 0 Å². The molecule has 0 N–H and O–H groups in total. The molecule has 0 atom stereocenters. The summed E-state index contributed by atoms with van der Waals surface area (Å²) >= 11 is 2.87. The van der Waals surface area contributed by atoms with Gasteiger partial charge in [0, 0.05) is 38.8 Å². The molecule has 1 aliphatic heterocycles. The quantitative estimate of drug-likeness (QED) is 0.379. The molecular weight excluding hydrogens is 508 g/mol. The molecule has 0 radical (unpaired) electrons. The van der Waals surface area contributed by atoms with Crippen molar-refractivity contribution in [3.05, 3.63) is 51.5 Å². The number of thiophene rings is 1. The van der Waals surface area contributed by atoms with Gasteiger partial charge in [0.2, 0.25) is 15.0 Å². The molecule has 10 nitrogen and oxygen atoms in total. The molecule has 180 valence electrons. The predicted molar refractivity (Wildman–Crippen MR) is 123 cm³/mol. The smallest absolute Gasteiger partial charge is 0.295 e. The van der Waals surface area contributed by atoms with Crippen molar-refractivity contribution in [3.63, 3.8) is 0 Å². The maximum Gasteiger partial charge on any atom is 0.333 e. The van der Waals surface area contributed by atoms with Crippen LogP contribution in [0.15, 0.2) is 39.5 Å². The van der Waals surface area contributed by atoms with E-state index >= 15 is 0 Å². The molecule has 5 heterocycles. The Balaban J connectivity index is 1.29. The maximum atomic E-state index is 13.0. The second-order valence-electron chi connectivity index (χ2n) is 7.66. The zero-order chi connectivity index (χ0) is 24.0. The van der Waals surface area contributed by atoms with Crippen LogP contribution >= 0.6 is 22.7 Å². The molecule has 0 unspecified atom stereocenters. The van der Waals surface area contributed by atoms with Crippen molar-refractivity contribution in [3.8, 4) is 9.88 Å². The van der Waals surface area contributed by atoms with Gasteiger partial charge in [-0.1, -0.05) is 17.4 Å². The van der Waals surface area contributed by atoms with Crippen LogP contribution in [0.5, 0.6) is 0 Å². The fraction of sp³-hybridized carbons (Fsp3) is 0.368. The molecule has 0 aromatic carbocycles. The summed E-state index contributed by atoms with van der Waals surface area (Å²) in [5.41, 5.74) is 0.213. The van der Waals surface area contributed by atoms with Crippen LogP contribution in [0.4, 0.5) is 8.78 Å². The van der Waals surface area contributed by atoms with Gasteiger partial charge >= 0.3 is 6.55 Å². The van der Waals surface area contributed by atoms with Crippen molar-refractivity contribution in [1.29, 1.82) is 0 Å². The first-order valence-corrected chi connectivity index (χ1v) is 13.4. The standard InChI is InChI=1S/C19H19F2N7O3S3/c1-12-15(10-22-27(12)18(20)21)34(30,31)26-6-4-25(5-7-26)11-13-9-16(29)28-19(23-13)33-17(24-28)14-3-2-8-32-14/h2-3,8-10,18H,4-7,11H2,1H3. The minimum Gasteiger partial charge on any atom is -0.295 e. The van der Waals surface area contributed by atoms with Crippen molar-refractivity contribution in [2.75, 3.05) is 26.2 Å². The number of nitrogens with zero attached hydrogens (tertiary/aromatic N) is 7. The van der Waals surface area contributed by atoms with Gasteiger partial charge in [-0.05, 0) is 18.4 Å². The van der Waals surface area contributed by atoms with Crippen LogP contribution < -0.4 is 5.56 Å². The van der Waals surface area contributed by atoms with Crippen molar-refractivity contribution in [1.82, 2.24) is 33.6 Å². The van der Waals surface area contributed by atoms with E-state index in [4.69, 9.17) is 0 Å². The van der Waals surface area contributed by atoms with Crippen LogP contribution in [0.3, 0.4) is 0 Å². The largest absolute Gasteiger partial charge is 0.333 e. The number of sulfonamides is 1. The van der Waals surface area contributed by atoms with E-state index in [0.29, 0.717) is 35.0 Å². The Hall–Kier alpha value is -2.59. The minimum atomic E-state index is -3.94. The Kier molecular flexibility index (Phi) is 6.05. The number of fused-ring (bicyclic) bond motifs is 1. The lowest BCUT2D eigenvalue weighted by Gasteiger charge is -2.33. The molecule has 1 fully saturated rings. The van der Waals surface area contributed by atoms with Gasteiger partial charge in [0.05, 0.1) is 22.5 Å². The lowest BCUT2D eigenvalue weighted by atomic mass is 10.3. The van der Waals surface area contributed by atoms with E-state index in [2.05, 4.69) is 15.2 Å². The van der Waals surface area contributed by atoms with Gasteiger partial charge in [0.25, 0.3) is 5.56 Å². The molecular formula is C19H19F2N7O3S3. The number of halogens is 2. The molecule has 0 amide bonds. The summed E-state index contributed by atoms with van der Waals surface area (Å²) in [6.07, 6.45) is 0.968. The molecule has 4 aromatic rings. The van der Waals surface area contributed by atoms with Gasteiger partial charge in [-0.15, -0.1) is 11.3 Å². The fourth-order valence-electron chi connectivity index (χ4n) is 3.79. The Morgan fingerprint density at radius 3 is 2.62 bits per heavy atom. The first-order valence-electron chi connectivity index (χ1n) is 10.2. The molecule has 0 saturated carbocycles. The number of aromatic nitrogens is 5. The van der Waals surface area contributed by atoms with Gasteiger partial charge in [-0.2, -0.15) is 27.8 Å². The molecule has 1 saturated heterocycles. The average molecular weight is 528 g/mol. The lowest BCUT2D eigenvalue weighted by molar-refractivity contribution is 0.0541. The number of alkyl halides is 2. The summed E-state index contributed by atoms with van der Waals surface area (Å²) in [5.74, 6) is 0. The normalized spacial score (nSPS) is 16.1. The second-order valence-corrected chi connectivity index (χ2v) is 11.5. The summed E-state index contributed by atoms with van der Waals surface area (Å²) in [6, 6.07) is 5.29. The monoisotopic (exact) mass is 527 g/mol. The zero-order valence-corrected chi connectivity index (χ0v) is 20.3. The van der Waals surface area contributed by atoms with Crippen LogP contribution in [-0.4, -0.2) is 68.2 Å². The van der Waals surface area contributed by atoms with Crippen molar-refractivity contribution in [2.45, 2.75) is 24.9 Å². The van der Waals surface area contributed by atoms with E-state index in [1.807, 2.05) is 22.4 Å². The molecule has 0 spiro atoms. The third-order valence-electron chi connectivity index (χ3n) is 5.55. The van der Waals surface area contributed by atoms with E-state index in [9.17, 15) is 22.0 Å². The zero-order valence-electron chi connectivity index (χ0n) is 17.8. The first kappa shape index (κ1) is 23.2. The summed E-state index contributed by atoms with van der Waals surface area (Å²) < 4.78 is 54.8. The Morgan fingerprint density at radius 1 is 1.21 bits per heavy atom. The molecule has 34 heavy (non-hydrogen) atoms. The van der Waals surface area contributed by atoms with Crippen molar-refractivity contribution >= 4 is 37.7 Å². The highest BCUT2D eigenvalue weighted by molar-refractivity contribution is 7.89. The first-order chi connectivity index (χ1) is 16.2. The van der Waals surface area contributed by atoms with Gasteiger partial charge in [-0.3, -0.25) is 9.69 Å². The third kappa shape index (κ3) is 4.17. The van der Waals surface area contributed by atoms with Crippen LogP contribution in [0.25, 0.3) is 14.8 Å². The van der Waals surface area contributed by atoms with Gasteiger partial charge < -0.3 is 0 Å². The maximum absolute atomic E-state index is 13.0. The number of rotatable bonds is 6. The van der Waals surface area contributed by atoms with Crippen LogP contribution in [-0.2, 0) is 16.6 Å². The number of hydrogen-bond donors (Lipinski definition) is 0. The predicted octanol–water partition coefficient (Wildman–Crippen LogP) is 2.29. The van der Waals surface area contributed by atoms with Crippen LogP contribution in [0.2, 0.25) is 0 Å². The van der Waals surface area contributed by atoms with Crippen molar-refractivity contribution < 1.29 is 17.2 Å². The van der Waals surface area contributed by atoms with Crippen LogP contribution in [0.1, 0.15) is 17.9 Å². The SMILES string of the molecule is Cc1c(S(=O)(=O)N2CCN(Cc3cc(=O)n4nc(-c5cccs5)sc4n3)CC2)cnn1C(F)F. The highest BCUT2D eigenvalue weighted by Gasteiger charge is 2.32. The number of piperazine rings is 1. The Bertz CT molecular complexity index is 1490. The molecule has 1 aliphatic rings. The van der Waals surface area contributed by atoms with E-state index in [-0.39, 0.29) is 29.2 Å². The van der Waals surface area contributed by atoms with E-state index < -0.39 is 16.6 Å². The lowest BCUT2D eigenvalue weighted by Crippen LogP contribution is -2.48. The highest BCUT2D eigenvalue weighted by atomic mass is 32.2. The molecule has 15 heteroatoms. The molecule has 4 aromatic heterocycles. The van der Waals surface area contributed by atoms with Crippen molar-refractivity contribution in [2.24, 2.45) is 0 Å². The Labute approximate surface area is 200 Å². The summed E-state index contributed by atoms with van der Waals surface area (Å²) in [4.78, 5) is 20.4. The summed E-state index contributed by atoms with van der Waals surface area (Å²) in [7, 11) is -3.94. The average Bonchev–Trinajstić information content (AvgIpc) is 3.53. The number of hydrogen-bond acceptors (Lipinski definition) is 9. The summed E-state index contributed by atoms with van der Waals surface area (Å²) in [6.45, 7) is -0.0239. The van der Waals surface area contributed by atoms with E-state index in [0.717, 1.165) is 16.1 Å². The fourth-order valence-corrected chi connectivity index (χ4v) is 7.08. The van der Waals surface area contributed by atoms with Gasteiger partial charge in [0.1, 0.15) is 4.90 Å². The summed E-state index contributed by atoms with van der Waals surface area (Å²) in [5, 5.41) is 10.5.